The second-order valence-electron chi connectivity index (χ2n) is 9.44. The molecule has 41 heavy (non-hydrogen) atoms. The number of carbonyl (C=O) groups is 4. The summed E-state index contributed by atoms with van der Waals surface area (Å²) in [5, 5.41) is 27.9. The Balaban J connectivity index is -0.0000000895. The number of piperazine rings is 1. The Kier molecular flexibility index (Phi) is 41.3. The Morgan fingerprint density at radius 2 is 1.46 bits per heavy atom. The molecule has 0 aromatic carbocycles. The van der Waals surface area contributed by atoms with Gasteiger partial charge in [0.1, 0.15) is 6.73 Å². The number of nitrogens with one attached hydrogen (secondary N) is 1. The second-order valence-corrected chi connectivity index (χ2v) is 9.44. The molecule has 1 fully saturated rings. The standard InChI is InChI=1S/C6H10N2O2.C4H11NO.C4H10O.C3H8N2O.C3H9NO.C2H6N2O.C2H5NO/c1-2-8-4-3-7-5(9)6(8)10;1-4(2,6)3-5;1-4(2,3)5;1-6-3-5-2-4;1-3(5)2-4;3-1-2(4)5;1-2(3)4/h2-4H2,1H3,(H,7,9);6H,3,5H2,1-2H3;5H,1-3H3;2H,3H2,1H3,(H2,4,5);3,5H,2,4H2,1H3;1,3H2,(H2,4,5);1H3,(H2,3,4). The first-order valence-corrected chi connectivity index (χ1v) is 12.5. The maximum atomic E-state index is 10.9. The molecule has 17 heteroatoms. The van der Waals surface area contributed by atoms with E-state index in [2.05, 4.69) is 26.5 Å². The van der Waals surface area contributed by atoms with Crippen molar-refractivity contribution in [1.82, 2.24) is 10.2 Å². The summed E-state index contributed by atoms with van der Waals surface area (Å²) in [4.78, 5) is 45.3. The first kappa shape index (κ1) is 50.9. The quantitative estimate of drug-likeness (QED) is 0.0798. The predicted molar refractivity (Wildman–Crippen MR) is 161 cm³/mol. The van der Waals surface area contributed by atoms with Crippen molar-refractivity contribution >= 4 is 30.0 Å². The van der Waals surface area contributed by atoms with E-state index in [9.17, 15) is 19.2 Å². The van der Waals surface area contributed by atoms with Gasteiger partial charge >= 0.3 is 11.8 Å². The molecule has 1 aliphatic heterocycles. The van der Waals surface area contributed by atoms with Crippen LogP contribution in [0.3, 0.4) is 0 Å². The van der Waals surface area contributed by atoms with Crippen LogP contribution in [0.5, 0.6) is 0 Å². The summed E-state index contributed by atoms with van der Waals surface area (Å²) in [5.74, 6) is -1.69. The third-order valence-electron chi connectivity index (χ3n) is 2.88. The highest BCUT2D eigenvalue weighted by Gasteiger charge is 2.23. The number of rotatable bonds is 6. The molecule has 16 N–H and O–H groups in total. The summed E-state index contributed by atoms with van der Waals surface area (Å²) in [5.41, 5.74) is 27.3. The van der Waals surface area contributed by atoms with Crippen LogP contribution in [0.15, 0.2) is 4.99 Å². The Morgan fingerprint density at radius 3 is 1.61 bits per heavy atom. The lowest BCUT2D eigenvalue weighted by molar-refractivity contribution is -0.147. The molecule has 0 aromatic heterocycles. The number of aliphatic imine (C=N–C) groups is 1. The maximum Gasteiger partial charge on any atom is 0.311 e. The predicted octanol–water partition coefficient (Wildman–Crippen LogP) is -3.72. The van der Waals surface area contributed by atoms with Gasteiger partial charge in [0.2, 0.25) is 11.8 Å². The number of nitrogens with zero attached hydrogens (tertiary/aromatic N) is 2. The third-order valence-corrected chi connectivity index (χ3v) is 2.88. The number of aliphatic hydroxyl groups is 3. The van der Waals surface area contributed by atoms with Crippen molar-refractivity contribution in [2.75, 3.05) is 53.1 Å². The normalized spacial score (nSPS) is 12.7. The summed E-state index contributed by atoms with van der Waals surface area (Å²) in [6, 6.07) is 0. The molecule has 0 spiro atoms. The van der Waals surface area contributed by atoms with Gasteiger partial charge in [-0.15, -0.1) is 0 Å². The molecule has 1 saturated heterocycles. The molecular weight excluding hydrogens is 542 g/mol. The first-order valence-electron chi connectivity index (χ1n) is 12.5. The molecule has 0 saturated carbocycles. The van der Waals surface area contributed by atoms with Crippen molar-refractivity contribution in [3.63, 3.8) is 0 Å². The van der Waals surface area contributed by atoms with Gasteiger partial charge in [0.15, 0.2) is 0 Å². The minimum absolute atomic E-state index is 0.0556. The fraction of sp³-hybridized carbons (Fsp3) is 0.792. The van der Waals surface area contributed by atoms with E-state index in [4.69, 9.17) is 38.3 Å². The molecule has 4 amide bonds. The Morgan fingerprint density at radius 1 is 1.12 bits per heavy atom. The van der Waals surface area contributed by atoms with Crippen molar-refractivity contribution in [3.05, 3.63) is 0 Å². The Labute approximate surface area is 245 Å². The summed E-state index contributed by atoms with van der Waals surface area (Å²) >= 11 is 0. The average Bonchev–Trinajstić information content (AvgIpc) is 2.84. The summed E-state index contributed by atoms with van der Waals surface area (Å²) in [6.07, 6.45) is 0.874. The topological polar surface area (TPSA) is 322 Å². The second kappa shape index (κ2) is 33.3. The van der Waals surface area contributed by atoms with Gasteiger partial charge in [-0.05, 0) is 48.5 Å². The number of carbonyl (C=O) groups excluding carboxylic acids is 4. The van der Waals surface area contributed by atoms with Gasteiger partial charge in [0, 0.05) is 46.8 Å². The van der Waals surface area contributed by atoms with Gasteiger partial charge in [0.05, 0.1) is 30.2 Å². The molecule has 0 aromatic rings. The molecular formula is C24H59N9O8. The van der Waals surface area contributed by atoms with Crippen molar-refractivity contribution < 1.29 is 39.2 Å². The van der Waals surface area contributed by atoms with Crippen LogP contribution in [-0.2, 0) is 23.9 Å². The number of aliphatic hydroxyl groups excluding tert-OH is 1. The Bertz CT molecular complexity index is 656. The van der Waals surface area contributed by atoms with E-state index in [1.165, 1.54) is 18.2 Å². The van der Waals surface area contributed by atoms with Crippen LogP contribution in [0.1, 0.15) is 55.4 Å². The number of likely N-dealkylation sites (N-methyl/N-ethyl adjacent to an activating group) is 1. The van der Waals surface area contributed by atoms with Crippen molar-refractivity contribution in [1.29, 1.82) is 0 Å². The smallest absolute Gasteiger partial charge is 0.311 e. The average molecular weight is 602 g/mol. The largest absolute Gasteiger partial charge is 0.392 e. The van der Waals surface area contributed by atoms with Gasteiger partial charge in [0.25, 0.3) is 0 Å². The minimum atomic E-state index is -0.681. The van der Waals surface area contributed by atoms with E-state index in [0.29, 0.717) is 39.5 Å². The molecule has 1 rings (SSSR count). The van der Waals surface area contributed by atoms with E-state index in [-0.39, 0.29) is 18.6 Å². The van der Waals surface area contributed by atoms with E-state index in [1.807, 2.05) is 6.92 Å². The SMILES string of the molecule is CC(C)(C)O.CC(C)(O)CN.CC(N)=O.CC(O)CN.CCN1CCNC(=O)C1=O.COCN=CN.NCC(N)=O. The molecule has 248 valence electrons. The van der Waals surface area contributed by atoms with Crippen molar-refractivity contribution in [2.24, 2.45) is 39.4 Å². The molecule has 17 nitrogen and oxygen atoms in total. The van der Waals surface area contributed by atoms with Gasteiger partial charge < -0.3 is 64.7 Å². The van der Waals surface area contributed by atoms with E-state index in [1.54, 1.807) is 48.7 Å². The first-order chi connectivity index (χ1) is 18.5. The molecule has 1 unspecified atom stereocenters. The summed E-state index contributed by atoms with van der Waals surface area (Å²) in [7, 11) is 1.56. The van der Waals surface area contributed by atoms with E-state index < -0.39 is 28.9 Å². The van der Waals surface area contributed by atoms with Crippen LogP contribution in [0, 0.1) is 0 Å². The van der Waals surface area contributed by atoms with E-state index >= 15 is 0 Å². The fourth-order valence-electron chi connectivity index (χ4n) is 1.04. The zero-order valence-corrected chi connectivity index (χ0v) is 26.3. The lowest BCUT2D eigenvalue weighted by Crippen LogP contribution is -2.51. The minimum Gasteiger partial charge on any atom is -0.392 e. The summed E-state index contributed by atoms with van der Waals surface area (Å²) < 4.78 is 4.50. The van der Waals surface area contributed by atoms with Crippen LogP contribution < -0.4 is 39.7 Å². The van der Waals surface area contributed by atoms with Crippen LogP contribution in [-0.4, -0.2) is 121 Å². The fourth-order valence-corrected chi connectivity index (χ4v) is 1.04. The van der Waals surface area contributed by atoms with Crippen LogP contribution in [0.25, 0.3) is 0 Å². The molecule has 1 heterocycles. The maximum absolute atomic E-state index is 10.9. The van der Waals surface area contributed by atoms with Crippen molar-refractivity contribution in [3.8, 4) is 0 Å². The zero-order chi connectivity index (χ0) is 34.2. The molecule has 1 aliphatic rings. The molecule has 0 radical (unpaired) electrons. The lowest BCUT2D eigenvalue weighted by Gasteiger charge is -2.24. The zero-order valence-electron chi connectivity index (χ0n) is 26.3. The molecule has 0 bridgehead atoms. The number of hydrogen-bond acceptors (Lipinski definition) is 12. The third kappa shape index (κ3) is 85.7. The van der Waals surface area contributed by atoms with Crippen LogP contribution >= 0.6 is 0 Å². The molecule has 1 atom stereocenters. The number of nitrogens with two attached hydrogens (primary N) is 6. The van der Waals surface area contributed by atoms with Crippen LogP contribution in [0.2, 0.25) is 0 Å². The highest BCUT2D eigenvalue weighted by atomic mass is 16.5. The van der Waals surface area contributed by atoms with Gasteiger partial charge in [-0.3, -0.25) is 19.2 Å². The lowest BCUT2D eigenvalue weighted by atomic mass is 10.1. The number of amides is 4. The van der Waals surface area contributed by atoms with Crippen LogP contribution in [0.4, 0.5) is 0 Å². The number of methoxy groups -OCH3 is 1. The van der Waals surface area contributed by atoms with Gasteiger partial charge in [-0.2, -0.15) is 0 Å². The van der Waals surface area contributed by atoms with Gasteiger partial charge in [-0.1, -0.05) is 0 Å². The highest BCUT2D eigenvalue weighted by Crippen LogP contribution is 1.94. The molecule has 0 aliphatic carbocycles. The number of primary amides is 2. The van der Waals surface area contributed by atoms with E-state index in [0.717, 1.165) is 0 Å². The monoisotopic (exact) mass is 601 g/mol. The number of hydrogen-bond donors (Lipinski definition) is 10. The Hall–Kier alpha value is -2.93. The highest BCUT2D eigenvalue weighted by molar-refractivity contribution is 6.35. The summed E-state index contributed by atoms with van der Waals surface area (Å²) in [6.45, 7) is 16.2. The number of ether oxygens (including phenoxy) is 1. The van der Waals surface area contributed by atoms with Crippen molar-refractivity contribution in [2.45, 2.75) is 72.7 Å². The van der Waals surface area contributed by atoms with Gasteiger partial charge in [-0.25, -0.2) is 4.99 Å².